The van der Waals surface area contributed by atoms with Gasteiger partial charge in [0.15, 0.2) is 4.21 Å². The normalized spacial score (nSPS) is 14.5. The summed E-state index contributed by atoms with van der Waals surface area (Å²) in [5.74, 6) is 1.21. The maximum Gasteiger partial charge on any atom is 0.304 e. The van der Waals surface area contributed by atoms with Crippen molar-refractivity contribution in [1.82, 2.24) is 19.6 Å². The second-order valence-corrected chi connectivity index (χ2v) is 16.4. The number of aliphatic hydroxyl groups is 2. The van der Waals surface area contributed by atoms with Crippen LogP contribution in [-0.4, -0.2) is 42.7 Å². The number of thiophene rings is 2. The van der Waals surface area contributed by atoms with E-state index in [4.69, 9.17) is 19.7 Å². The van der Waals surface area contributed by atoms with Crippen LogP contribution in [0.1, 0.15) is 78.0 Å². The van der Waals surface area contributed by atoms with E-state index in [9.17, 15) is 23.2 Å². The summed E-state index contributed by atoms with van der Waals surface area (Å²) in [5.41, 5.74) is 6.61. The highest BCUT2D eigenvalue weighted by Gasteiger charge is 2.33. The van der Waals surface area contributed by atoms with Gasteiger partial charge in [-0.15, -0.1) is 22.7 Å². The molecule has 2 aromatic carbocycles. The van der Waals surface area contributed by atoms with Gasteiger partial charge in [0.25, 0.3) is 0 Å². The average molecular weight is 745 g/mol. The van der Waals surface area contributed by atoms with Crippen molar-refractivity contribution in [2.24, 2.45) is 0 Å². The highest BCUT2D eigenvalue weighted by molar-refractivity contribution is 7.88. The summed E-state index contributed by atoms with van der Waals surface area (Å²) in [5, 5.41) is 34.5. The molecule has 2 unspecified atom stereocenters. The van der Waals surface area contributed by atoms with Crippen molar-refractivity contribution in [2.75, 3.05) is 0 Å². The van der Waals surface area contributed by atoms with Gasteiger partial charge in [0.1, 0.15) is 24.7 Å². The van der Waals surface area contributed by atoms with Crippen LogP contribution in [0.2, 0.25) is 0 Å². The number of unbranched alkanes of at least 4 members (excludes halogenated alkanes) is 2. The van der Waals surface area contributed by atoms with Crippen molar-refractivity contribution in [1.29, 1.82) is 0 Å². The molecule has 0 amide bonds. The Morgan fingerprint density at radius 3 is 1.80 bits per heavy atom. The topological polar surface area (TPSA) is 149 Å². The molecule has 11 nitrogen and oxygen atoms in total. The molecule has 51 heavy (non-hydrogen) atoms. The molecular formula is C37H36N4O7S3. The van der Waals surface area contributed by atoms with Gasteiger partial charge in [0.2, 0.25) is 0 Å². The molecule has 2 atom stereocenters. The van der Waals surface area contributed by atoms with Crippen molar-refractivity contribution in [3.8, 4) is 32.6 Å². The maximum atomic E-state index is 11.9. The van der Waals surface area contributed by atoms with Crippen LogP contribution in [0.15, 0.2) is 82.4 Å². The van der Waals surface area contributed by atoms with Crippen LogP contribution in [0.25, 0.3) is 21.1 Å². The average Bonchev–Trinajstić information content (AvgIpc) is 3.92. The monoisotopic (exact) mass is 744 g/mol. The quantitative estimate of drug-likeness (QED) is 0.0814. The first-order chi connectivity index (χ1) is 24.7. The van der Waals surface area contributed by atoms with Crippen LogP contribution in [-0.2, 0) is 36.4 Å². The smallest absolute Gasteiger partial charge is 0.304 e. The molecule has 4 aromatic heterocycles. The molecule has 3 N–H and O–H groups in total. The van der Waals surface area contributed by atoms with Gasteiger partial charge in [0.05, 0.1) is 57.8 Å². The fraction of sp³-hybridized carbons (Fsp3) is 0.297. The number of hydrogen-bond donors (Lipinski definition) is 3. The van der Waals surface area contributed by atoms with Gasteiger partial charge >= 0.3 is 10.1 Å². The Bertz CT molecular complexity index is 2280. The molecule has 14 heteroatoms. The minimum Gasteiger partial charge on any atom is -0.487 e. The molecule has 2 aliphatic heterocycles. The van der Waals surface area contributed by atoms with Gasteiger partial charge < -0.3 is 19.7 Å². The summed E-state index contributed by atoms with van der Waals surface area (Å²) < 4.78 is 49.1. The maximum absolute atomic E-state index is 11.9. The number of nitrogens with zero attached hydrogens (tertiary/aromatic N) is 4. The molecule has 0 saturated heterocycles. The Kier molecular flexibility index (Phi) is 9.29. The van der Waals surface area contributed by atoms with Crippen molar-refractivity contribution < 1.29 is 32.7 Å². The van der Waals surface area contributed by atoms with Crippen LogP contribution in [0, 0.1) is 0 Å². The molecule has 0 fully saturated rings. The minimum absolute atomic E-state index is 0.120. The molecule has 0 spiro atoms. The standard InChI is InChI=1S/C37H36N4O7S3/c42-27(32-25-21-47-29-16-17-49-36(29)34(25)40(38-32)19-23-10-4-1-5-11-23)14-8-3-9-15-28(43)33-26-22-48-30-18-31(51(44,45)46)50-37(30)35(26)41(39-33)20-24-12-6-2-7-13-24/h1-2,4-7,10-13,16-18,27-28,42-43H,3,8-9,14-15,19-22H2,(H,44,45,46). The van der Waals surface area contributed by atoms with E-state index in [1.807, 2.05) is 64.7 Å². The zero-order valence-electron chi connectivity index (χ0n) is 27.5. The first kappa shape index (κ1) is 33.8. The third-order valence-electron chi connectivity index (χ3n) is 9.33. The molecule has 6 aromatic rings. The second kappa shape index (κ2) is 14.0. The predicted molar refractivity (Wildman–Crippen MR) is 194 cm³/mol. The van der Waals surface area contributed by atoms with Crippen molar-refractivity contribution in [3.63, 3.8) is 0 Å². The molecule has 0 saturated carbocycles. The van der Waals surface area contributed by atoms with Crippen LogP contribution in [0.4, 0.5) is 0 Å². The Balaban J connectivity index is 0.953. The molecule has 2 aliphatic rings. The van der Waals surface area contributed by atoms with E-state index in [-0.39, 0.29) is 10.8 Å². The predicted octanol–water partition coefficient (Wildman–Crippen LogP) is 7.38. The Morgan fingerprint density at radius 1 is 0.725 bits per heavy atom. The number of aromatic nitrogens is 4. The van der Waals surface area contributed by atoms with Crippen molar-refractivity contribution in [2.45, 2.75) is 74.8 Å². The fourth-order valence-electron chi connectivity index (χ4n) is 6.87. The highest BCUT2D eigenvalue weighted by Crippen LogP contribution is 2.48. The van der Waals surface area contributed by atoms with E-state index in [2.05, 4.69) is 12.1 Å². The summed E-state index contributed by atoms with van der Waals surface area (Å²) in [6, 6.07) is 23.2. The lowest BCUT2D eigenvalue weighted by Crippen LogP contribution is -2.09. The molecular weight excluding hydrogens is 709 g/mol. The van der Waals surface area contributed by atoms with Gasteiger partial charge in [-0.1, -0.05) is 79.9 Å². The first-order valence-electron chi connectivity index (χ1n) is 16.8. The molecule has 0 bridgehead atoms. The lowest BCUT2D eigenvalue weighted by atomic mass is 9.99. The number of benzene rings is 2. The molecule has 8 rings (SSSR count). The minimum atomic E-state index is -4.42. The van der Waals surface area contributed by atoms with Gasteiger partial charge in [-0.3, -0.25) is 13.9 Å². The third-order valence-corrected chi connectivity index (χ3v) is 12.7. The Labute approximate surface area is 303 Å². The number of fused-ring (bicyclic) bond motifs is 6. The lowest BCUT2D eigenvalue weighted by molar-refractivity contribution is 0.146. The fourth-order valence-corrected chi connectivity index (χ4v) is 9.62. The summed E-state index contributed by atoms with van der Waals surface area (Å²) in [7, 11) is -4.42. The summed E-state index contributed by atoms with van der Waals surface area (Å²) in [6.45, 7) is 1.49. The number of aliphatic hydroxyl groups excluding tert-OH is 2. The van der Waals surface area contributed by atoms with E-state index in [0.29, 0.717) is 72.2 Å². The molecule has 264 valence electrons. The van der Waals surface area contributed by atoms with E-state index in [0.717, 1.165) is 57.2 Å². The third kappa shape index (κ3) is 6.75. The number of rotatable bonds is 13. The van der Waals surface area contributed by atoms with Crippen molar-refractivity contribution >= 4 is 32.8 Å². The lowest BCUT2D eigenvalue weighted by Gasteiger charge is -2.18. The second-order valence-electron chi connectivity index (χ2n) is 12.8. The molecule has 6 heterocycles. The number of ether oxygens (including phenoxy) is 2. The van der Waals surface area contributed by atoms with E-state index in [1.54, 1.807) is 16.0 Å². The zero-order chi connectivity index (χ0) is 35.1. The molecule has 0 radical (unpaired) electrons. The summed E-state index contributed by atoms with van der Waals surface area (Å²) in [6.07, 6.45) is 1.57. The number of hydrogen-bond acceptors (Lipinski definition) is 10. The summed E-state index contributed by atoms with van der Waals surface area (Å²) in [4.78, 5) is 1.58. The largest absolute Gasteiger partial charge is 0.487 e. The SMILES string of the molecule is O=S(=O)(O)c1cc2c(s1)-c1c(c(C(O)CCCCCC(O)c3nn(Cc4ccccc4)c4c3COc3ccsc3-4)nn1Cc1ccccc1)CO2. The van der Waals surface area contributed by atoms with E-state index < -0.39 is 22.3 Å². The van der Waals surface area contributed by atoms with Crippen LogP contribution < -0.4 is 9.47 Å². The van der Waals surface area contributed by atoms with Crippen molar-refractivity contribution in [3.05, 3.63) is 112 Å². The van der Waals surface area contributed by atoms with Crippen LogP contribution >= 0.6 is 22.7 Å². The van der Waals surface area contributed by atoms with Gasteiger partial charge in [-0.25, -0.2) is 0 Å². The Morgan fingerprint density at radius 2 is 1.25 bits per heavy atom. The summed E-state index contributed by atoms with van der Waals surface area (Å²) >= 11 is 2.54. The van der Waals surface area contributed by atoms with Gasteiger partial charge in [-0.2, -0.15) is 18.6 Å². The zero-order valence-corrected chi connectivity index (χ0v) is 30.0. The first-order valence-corrected chi connectivity index (χ1v) is 20.0. The highest BCUT2D eigenvalue weighted by atomic mass is 32.3. The molecule has 0 aliphatic carbocycles. The van der Waals surface area contributed by atoms with E-state index >= 15 is 0 Å². The van der Waals surface area contributed by atoms with E-state index in [1.165, 1.54) is 6.07 Å². The Hall–Kier alpha value is -4.31. The van der Waals surface area contributed by atoms with Crippen LogP contribution in [0.3, 0.4) is 0 Å². The van der Waals surface area contributed by atoms with Crippen LogP contribution in [0.5, 0.6) is 11.5 Å². The van der Waals surface area contributed by atoms with Gasteiger partial charge in [0, 0.05) is 17.2 Å². The van der Waals surface area contributed by atoms with Gasteiger partial charge in [-0.05, 0) is 35.4 Å².